The largest absolute Gasteiger partial charge is 0.360 e. The Balaban J connectivity index is 2.49. The summed E-state index contributed by atoms with van der Waals surface area (Å²) in [7, 11) is 0. The van der Waals surface area contributed by atoms with E-state index >= 15 is 0 Å². The maximum Gasteiger partial charge on any atom is 0.291 e. The summed E-state index contributed by atoms with van der Waals surface area (Å²) in [4.78, 5) is 0. The van der Waals surface area contributed by atoms with Gasteiger partial charge >= 0.3 is 0 Å². The summed E-state index contributed by atoms with van der Waals surface area (Å²) in [6, 6.07) is 0. The van der Waals surface area contributed by atoms with E-state index < -0.39 is 6.43 Å². The first kappa shape index (κ1) is 10.3. The molecule has 0 amide bonds. The number of aromatic nitrogens is 2. The average molecular weight is 207 g/mol. The quantitative estimate of drug-likeness (QED) is 0.824. The van der Waals surface area contributed by atoms with Gasteiger partial charge in [-0.15, -0.1) is 10.2 Å². The minimum atomic E-state index is -2.52. The molecule has 0 aliphatic heterocycles. The lowest BCUT2D eigenvalue weighted by atomic mass is 10.2. The van der Waals surface area contributed by atoms with Gasteiger partial charge in [0.15, 0.2) is 5.01 Å². The van der Waals surface area contributed by atoms with Crippen molar-refractivity contribution in [3.8, 4) is 0 Å². The fourth-order valence-electron chi connectivity index (χ4n) is 0.686. The van der Waals surface area contributed by atoms with Crippen LogP contribution in [-0.2, 0) is 0 Å². The maximum atomic E-state index is 12.1. The van der Waals surface area contributed by atoms with Gasteiger partial charge in [0, 0.05) is 6.54 Å². The first-order valence-electron chi connectivity index (χ1n) is 3.95. The number of nitrogens with one attached hydrogen (secondary N) is 1. The van der Waals surface area contributed by atoms with Crippen molar-refractivity contribution in [2.75, 3.05) is 11.9 Å². The Morgan fingerprint density at radius 1 is 1.38 bits per heavy atom. The topological polar surface area (TPSA) is 37.8 Å². The molecule has 0 aliphatic carbocycles. The van der Waals surface area contributed by atoms with E-state index in [-0.39, 0.29) is 5.01 Å². The van der Waals surface area contributed by atoms with Crippen molar-refractivity contribution >= 4 is 16.5 Å². The lowest BCUT2D eigenvalue weighted by Gasteiger charge is -2.03. The number of hydrogen-bond acceptors (Lipinski definition) is 4. The Hall–Kier alpha value is -0.780. The van der Waals surface area contributed by atoms with Crippen LogP contribution in [0.15, 0.2) is 0 Å². The van der Waals surface area contributed by atoms with Gasteiger partial charge < -0.3 is 5.32 Å². The molecule has 0 saturated carbocycles. The minimum absolute atomic E-state index is 0.230. The van der Waals surface area contributed by atoms with Crippen LogP contribution in [0.2, 0.25) is 0 Å². The molecule has 74 valence electrons. The van der Waals surface area contributed by atoms with Gasteiger partial charge in [-0.2, -0.15) is 0 Å². The van der Waals surface area contributed by atoms with E-state index in [0.29, 0.717) is 11.0 Å². The molecule has 0 aromatic carbocycles. The highest BCUT2D eigenvalue weighted by atomic mass is 32.1. The van der Waals surface area contributed by atoms with Crippen molar-refractivity contribution in [1.82, 2.24) is 10.2 Å². The second kappa shape index (κ2) is 4.45. The minimum Gasteiger partial charge on any atom is -0.360 e. The molecule has 0 unspecified atom stereocenters. The fraction of sp³-hybridized carbons (Fsp3) is 0.714. The third-order valence-corrected chi connectivity index (χ3v) is 2.18. The van der Waals surface area contributed by atoms with Crippen LogP contribution in [0.4, 0.5) is 13.9 Å². The van der Waals surface area contributed by atoms with Crippen LogP contribution in [0.25, 0.3) is 0 Å². The Morgan fingerprint density at radius 2 is 2.08 bits per heavy atom. The zero-order chi connectivity index (χ0) is 9.84. The molecule has 0 fully saturated rings. The second-order valence-corrected chi connectivity index (χ2v) is 4.03. The van der Waals surface area contributed by atoms with Crippen LogP contribution in [0, 0.1) is 5.92 Å². The molecule has 0 bridgehead atoms. The van der Waals surface area contributed by atoms with Gasteiger partial charge in [0.05, 0.1) is 0 Å². The molecule has 0 atom stereocenters. The smallest absolute Gasteiger partial charge is 0.291 e. The van der Waals surface area contributed by atoms with Gasteiger partial charge in [-0.3, -0.25) is 0 Å². The highest BCUT2D eigenvalue weighted by Gasteiger charge is 2.13. The molecule has 0 spiro atoms. The second-order valence-electron chi connectivity index (χ2n) is 3.02. The van der Waals surface area contributed by atoms with Crippen molar-refractivity contribution in [3.05, 3.63) is 5.01 Å². The van der Waals surface area contributed by atoms with E-state index in [0.717, 1.165) is 17.9 Å². The predicted molar refractivity (Wildman–Crippen MR) is 48.2 cm³/mol. The molecular formula is C7H11F2N3S. The number of anilines is 1. The van der Waals surface area contributed by atoms with Crippen LogP contribution in [0.5, 0.6) is 0 Å². The van der Waals surface area contributed by atoms with Crippen LogP contribution in [0.3, 0.4) is 0 Å². The Labute approximate surface area is 79.2 Å². The first-order valence-corrected chi connectivity index (χ1v) is 4.76. The lowest BCUT2D eigenvalue weighted by molar-refractivity contribution is 0.150. The number of alkyl halides is 2. The molecule has 1 aromatic heterocycles. The van der Waals surface area contributed by atoms with E-state index in [1.807, 2.05) is 13.8 Å². The van der Waals surface area contributed by atoms with Crippen molar-refractivity contribution in [1.29, 1.82) is 0 Å². The van der Waals surface area contributed by atoms with Crippen molar-refractivity contribution in [2.24, 2.45) is 5.92 Å². The van der Waals surface area contributed by atoms with Gasteiger partial charge in [0.1, 0.15) is 0 Å². The summed E-state index contributed by atoms with van der Waals surface area (Å²) in [6.45, 7) is 4.78. The highest BCUT2D eigenvalue weighted by molar-refractivity contribution is 7.15. The van der Waals surface area contributed by atoms with E-state index in [1.54, 1.807) is 0 Å². The normalized spacial score (nSPS) is 11.2. The molecule has 0 radical (unpaired) electrons. The standard InChI is InChI=1S/C7H11F2N3S/c1-4(2)3-10-7-12-11-6(13-7)5(8)9/h4-5H,3H2,1-2H3,(H,10,12). The number of nitrogens with zero attached hydrogens (tertiary/aromatic N) is 2. The van der Waals surface area contributed by atoms with E-state index in [2.05, 4.69) is 15.5 Å². The van der Waals surface area contributed by atoms with Crippen LogP contribution in [-0.4, -0.2) is 16.7 Å². The SMILES string of the molecule is CC(C)CNc1nnc(C(F)F)s1. The number of halogens is 2. The van der Waals surface area contributed by atoms with Crippen LogP contribution >= 0.6 is 11.3 Å². The van der Waals surface area contributed by atoms with Crippen LogP contribution in [0.1, 0.15) is 25.3 Å². The maximum absolute atomic E-state index is 12.1. The number of rotatable bonds is 4. The van der Waals surface area contributed by atoms with Gasteiger partial charge in [0.25, 0.3) is 6.43 Å². The van der Waals surface area contributed by atoms with Crippen LogP contribution < -0.4 is 5.32 Å². The molecule has 3 nitrogen and oxygen atoms in total. The lowest BCUT2D eigenvalue weighted by Crippen LogP contribution is -2.07. The van der Waals surface area contributed by atoms with Crippen molar-refractivity contribution in [2.45, 2.75) is 20.3 Å². The Kier molecular flexibility index (Phi) is 3.53. The Bertz CT molecular complexity index is 262. The third-order valence-electron chi connectivity index (χ3n) is 1.29. The van der Waals surface area contributed by atoms with Gasteiger partial charge in [-0.05, 0) is 5.92 Å². The van der Waals surface area contributed by atoms with Crippen molar-refractivity contribution in [3.63, 3.8) is 0 Å². The summed E-state index contributed by atoms with van der Waals surface area (Å²) in [5.41, 5.74) is 0. The monoisotopic (exact) mass is 207 g/mol. The zero-order valence-corrected chi connectivity index (χ0v) is 8.24. The highest BCUT2D eigenvalue weighted by Crippen LogP contribution is 2.24. The molecule has 0 saturated heterocycles. The molecule has 1 rings (SSSR count). The molecule has 1 heterocycles. The third kappa shape index (κ3) is 3.22. The number of hydrogen-bond donors (Lipinski definition) is 1. The zero-order valence-electron chi connectivity index (χ0n) is 7.42. The van der Waals surface area contributed by atoms with Gasteiger partial charge in [-0.25, -0.2) is 8.78 Å². The molecule has 6 heteroatoms. The predicted octanol–water partition coefficient (Wildman–Crippen LogP) is 2.54. The summed E-state index contributed by atoms with van der Waals surface area (Å²) >= 11 is 0.900. The van der Waals surface area contributed by atoms with Crippen molar-refractivity contribution < 1.29 is 8.78 Å². The first-order chi connectivity index (χ1) is 6.09. The van der Waals surface area contributed by atoms with E-state index in [1.165, 1.54) is 0 Å². The molecule has 1 N–H and O–H groups in total. The summed E-state index contributed by atoms with van der Waals surface area (Å²) in [5, 5.41) is 10.1. The average Bonchev–Trinajstić information content (AvgIpc) is 2.48. The van der Waals surface area contributed by atoms with Gasteiger partial charge in [0.2, 0.25) is 5.13 Å². The molecule has 1 aromatic rings. The van der Waals surface area contributed by atoms with Gasteiger partial charge in [-0.1, -0.05) is 25.2 Å². The Morgan fingerprint density at radius 3 is 2.54 bits per heavy atom. The molecule has 0 aliphatic rings. The molecular weight excluding hydrogens is 196 g/mol. The molecule has 13 heavy (non-hydrogen) atoms. The van der Waals surface area contributed by atoms with E-state index in [4.69, 9.17) is 0 Å². The summed E-state index contributed by atoms with van der Waals surface area (Å²) in [5.74, 6) is 0.457. The summed E-state index contributed by atoms with van der Waals surface area (Å²) < 4.78 is 24.1. The summed E-state index contributed by atoms with van der Waals surface area (Å²) in [6.07, 6.45) is -2.52. The van der Waals surface area contributed by atoms with E-state index in [9.17, 15) is 8.78 Å². The fourth-order valence-corrected chi connectivity index (χ4v) is 1.29.